The van der Waals surface area contributed by atoms with Gasteiger partial charge in [-0.3, -0.25) is 9.48 Å². The lowest BCUT2D eigenvalue weighted by Crippen LogP contribution is -2.49. The Kier molecular flexibility index (Phi) is 5.09. The molecule has 1 rings (SSSR count). The van der Waals surface area contributed by atoms with Crippen LogP contribution < -0.4 is 11.1 Å². The van der Waals surface area contributed by atoms with Crippen molar-refractivity contribution in [3.8, 4) is 0 Å². The molecule has 0 saturated carbocycles. The smallest absolute Gasteiger partial charge is 0.221 e. The Morgan fingerprint density at radius 1 is 1.47 bits per heavy atom. The van der Waals surface area contributed by atoms with Crippen LogP contribution in [0.15, 0.2) is 12.7 Å². The molecule has 6 heteroatoms. The lowest BCUT2D eigenvalue weighted by molar-refractivity contribution is -0.121. The molecule has 0 spiro atoms. The number of carbonyl (C=O) groups is 1. The number of aromatic nitrogens is 3. The zero-order valence-electron chi connectivity index (χ0n) is 10.5. The Labute approximate surface area is 102 Å². The molecule has 0 aliphatic heterocycles. The van der Waals surface area contributed by atoms with E-state index in [-0.39, 0.29) is 11.4 Å². The number of hydrogen-bond donors (Lipinski definition) is 2. The second-order valence-electron chi connectivity index (χ2n) is 4.25. The highest BCUT2D eigenvalue weighted by molar-refractivity contribution is 5.75. The van der Waals surface area contributed by atoms with Crippen LogP contribution in [-0.2, 0) is 11.3 Å². The first-order valence-corrected chi connectivity index (χ1v) is 5.97. The van der Waals surface area contributed by atoms with Gasteiger partial charge in [0, 0.05) is 18.5 Å². The molecule has 0 fully saturated rings. The van der Waals surface area contributed by atoms with E-state index in [0.717, 1.165) is 12.8 Å². The Balaban J connectivity index is 2.26. The van der Waals surface area contributed by atoms with E-state index in [4.69, 9.17) is 5.73 Å². The molecule has 1 amide bonds. The van der Waals surface area contributed by atoms with Crippen LogP contribution in [0.3, 0.4) is 0 Å². The normalized spacial score (nSPS) is 11.5. The van der Waals surface area contributed by atoms with Crippen molar-refractivity contribution in [1.82, 2.24) is 20.1 Å². The Morgan fingerprint density at radius 3 is 2.71 bits per heavy atom. The van der Waals surface area contributed by atoms with Crippen LogP contribution in [0, 0.1) is 0 Å². The largest absolute Gasteiger partial charge is 0.354 e. The average molecular weight is 239 g/mol. The molecule has 0 unspecified atom stereocenters. The van der Waals surface area contributed by atoms with Crippen molar-refractivity contribution in [2.45, 2.75) is 45.2 Å². The van der Waals surface area contributed by atoms with Crippen LogP contribution in [-0.4, -0.2) is 32.8 Å². The Morgan fingerprint density at radius 2 is 2.18 bits per heavy atom. The summed E-state index contributed by atoms with van der Waals surface area (Å²) in [5, 5.41) is 6.79. The van der Waals surface area contributed by atoms with E-state index >= 15 is 0 Å². The van der Waals surface area contributed by atoms with Gasteiger partial charge in [0.05, 0.1) is 6.54 Å². The zero-order chi connectivity index (χ0) is 12.7. The highest BCUT2D eigenvalue weighted by atomic mass is 16.1. The number of rotatable bonds is 7. The van der Waals surface area contributed by atoms with Crippen LogP contribution in [0.5, 0.6) is 0 Å². The quantitative estimate of drug-likeness (QED) is 0.716. The SMILES string of the molecule is CCC(N)(CC)CNC(=O)CCn1cncn1. The average Bonchev–Trinajstić information content (AvgIpc) is 2.86. The standard InChI is InChI=1S/C11H21N5O/c1-3-11(12,4-2)7-14-10(17)5-6-16-9-13-8-15-16/h8-9H,3-7,12H2,1-2H3,(H,14,17). The van der Waals surface area contributed by atoms with E-state index < -0.39 is 0 Å². The molecule has 0 aliphatic carbocycles. The van der Waals surface area contributed by atoms with Crippen LogP contribution in [0.1, 0.15) is 33.1 Å². The third-order valence-corrected chi connectivity index (χ3v) is 3.08. The van der Waals surface area contributed by atoms with Gasteiger partial charge in [-0.05, 0) is 12.8 Å². The molecule has 0 radical (unpaired) electrons. The van der Waals surface area contributed by atoms with E-state index in [1.54, 1.807) is 11.0 Å². The van der Waals surface area contributed by atoms with Gasteiger partial charge < -0.3 is 11.1 Å². The summed E-state index contributed by atoms with van der Waals surface area (Å²) in [6, 6.07) is 0. The van der Waals surface area contributed by atoms with E-state index in [1.165, 1.54) is 6.33 Å². The zero-order valence-corrected chi connectivity index (χ0v) is 10.5. The molecule has 0 bridgehead atoms. The van der Waals surface area contributed by atoms with Gasteiger partial charge in [0.25, 0.3) is 0 Å². The van der Waals surface area contributed by atoms with Crippen molar-refractivity contribution in [3.63, 3.8) is 0 Å². The topological polar surface area (TPSA) is 85.8 Å². The summed E-state index contributed by atoms with van der Waals surface area (Å²) in [5.74, 6) is -0.00257. The monoisotopic (exact) mass is 239 g/mol. The summed E-state index contributed by atoms with van der Waals surface area (Å²) in [5.41, 5.74) is 5.80. The second kappa shape index (κ2) is 6.34. The lowest BCUT2D eigenvalue weighted by atomic mass is 9.94. The molecule has 0 saturated heterocycles. The van der Waals surface area contributed by atoms with E-state index in [2.05, 4.69) is 15.4 Å². The first-order chi connectivity index (χ1) is 8.09. The fraction of sp³-hybridized carbons (Fsp3) is 0.727. The van der Waals surface area contributed by atoms with Crippen molar-refractivity contribution in [3.05, 3.63) is 12.7 Å². The van der Waals surface area contributed by atoms with E-state index in [9.17, 15) is 4.79 Å². The predicted molar refractivity (Wildman–Crippen MR) is 65.1 cm³/mol. The first-order valence-electron chi connectivity index (χ1n) is 5.97. The molecule has 96 valence electrons. The minimum Gasteiger partial charge on any atom is -0.354 e. The number of nitrogens with zero attached hydrogens (tertiary/aromatic N) is 3. The van der Waals surface area contributed by atoms with E-state index in [1.807, 2.05) is 13.8 Å². The third kappa shape index (κ3) is 4.52. The molecule has 17 heavy (non-hydrogen) atoms. The molecule has 3 N–H and O–H groups in total. The van der Waals surface area contributed by atoms with E-state index in [0.29, 0.717) is 19.5 Å². The summed E-state index contributed by atoms with van der Waals surface area (Å²) in [6.45, 7) is 5.13. The van der Waals surface area contributed by atoms with Crippen molar-refractivity contribution in [2.75, 3.05) is 6.54 Å². The van der Waals surface area contributed by atoms with Gasteiger partial charge >= 0.3 is 0 Å². The Bertz CT molecular complexity index is 332. The second-order valence-corrected chi connectivity index (χ2v) is 4.25. The lowest BCUT2D eigenvalue weighted by Gasteiger charge is -2.26. The molecular formula is C11H21N5O. The number of nitrogens with one attached hydrogen (secondary N) is 1. The number of nitrogens with two attached hydrogens (primary N) is 1. The van der Waals surface area contributed by atoms with Crippen LogP contribution >= 0.6 is 0 Å². The fourth-order valence-electron chi connectivity index (χ4n) is 1.43. The van der Waals surface area contributed by atoms with Gasteiger partial charge in [-0.2, -0.15) is 5.10 Å². The summed E-state index contributed by atoms with van der Waals surface area (Å²) in [4.78, 5) is 15.4. The predicted octanol–water partition coefficient (Wildman–Crippen LogP) is 0.302. The maximum absolute atomic E-state index is 11.6. The molecular weight excluding hydrogens is 218 g/mol. The molecule has 0 aliphatic rings. The maximum atomic E-state index is 11.6. The number of carbonyl (C=O) groups excluding carboxylic acids is 1. The highest BCUT2D eigenvalue weighted by Crippen LogP contribution is 2.09. The molecule has 6 nitrogen and oxygen atoms in total. The molecule has 1 aromatic rings. The van der Waals surface area contributed by atoms with Gasteiger partial charge in [-0.15, -0.1) is 0 Å². The number of amides is 1. The van der Waals surface area contributed by atoms with Crippen molar-refractivity contribution >= 4 is 5.91 Å². The summed E-state index contributed by atoms with van der Waals surface area (Å²) in [7, 11) is 0. The summed E-state index contributed by atoms with van der Waals surface area (Å²) in [6.07, 6.45) is 5.15. The molecule has 0 aromatic carbocycles. The molecule has 1 aromatic heterocycles. The van der Waals surface area contributed by atoms with Crippen molar-refractivity contribution in [1.29, 1.82) is 0 Å². The summed E-state index contributed by atoms with van der Waals surface area (Å²) < 4.78 is 1.63. The minimum atomic E-state index is -0.289. The van der Waals surface area contributed by atoms with Gasteiger partial charge in [0.1, 0.15) is 12.7 Å². The Hall–Kier alpha value is -1.43. The fourth-order valence-corrected chi connectivity index (χ4v) is 1.43. The van der Waals surface area contributed by atoms with Gasteiger partial charge in [0.2, 0.25) is 5.91 Å². The third-order valence-electron chi connectivity index (χ3n) is 3.08. The summed E-state index contributed by atoms with van der Waals surface area (Å²) >= 11 is 0. The van der Waals surface area contributed by atoms with Crippen molar-refractivity contribution in [2.24, 2.45) is 5.73 Å². The van der Waals surface area contributed by atoms with Crippen LogP contribution in [0.25, 0.3) is 0 Å². The molecule has 0 atom stereocenters. The number of hydrogen-bond acceptors (Lipinski definition) is 4. The minimum absolute atomic E-state index is 0.00257. The maximum Gasteiger partial charge on any atom is 0.221 e. The van der Waals surface area contributed by atoms with Crippen LogP contribution in [0.2, 0.25) is 0 Å². The van der Waals surface area contributed by atoms with Gasteiger partial charge in [-0.1, -0.05) is 13.8 Å². The highest BCUT2D eigenvalue weighted by Gasteiger charge is 2.20. The molecule has 1 heterocycles. The van der Waals surface area contributed by atoms with Crippen molar-refractivity contribution < 1.29 is 4.79 Å². The number of aryl methyl sites for hydroxylation is 1. The van der Waals surface area contributed by atoms with Gasteiger partial charge in [0.15, 0.2) is 0 Å². The van der Waals surface area contributed by atoms with Crippen LogP contribution in [0.4, 0.5) is 0 Å². The first kappa shape index (κ1) is 13.6. The van der Waals surface area contributed by atoms with Gasteiger partial charge in [-0.25, -0.2) is 4.98 Å².